The van der Waals surface area contributed by atoms with Gasteiger partial charge in [-0.15, -0.1) is 11.8 Å². The van der Waals surface area contributed by atoms with Gasteiger partial charge in [-0.1, -0.05) is 13.8 Å². The van der Waals surface area contributed by atoms with E-state index in [4.69, 9.17) is 9.47 Å². The zero-order chi connectivity index (χ0) is 31.6. The zero-order valence-corrected chi connectivity index (χ0v) is 26.1. The molecule has 2 rings (SSSR count). The summed E-state index contributed by atoms with van der Waals surface area (Å²) in [4.78, 5) is 88.6. The van der Waals surface area contributed by atoms with E-state index in [1.807, 2.05) is 0 Å². The first-order valence-electron chi connectivity index (χ1n) is 14.4. The third kappa shape index (κ3) is 10.2. The summed E-state index contributed by atoms with van der Waals surface area (Å²) in [6, 6.07) is -0.521. The lowest BCUT2D eigenvalue weighted by molar-refractivity contribution is -0.145. The molecule has 6 amide bonds. The molecule has 0 bridgehead atoms. The molecular formula is C28H44N4O9S. The summed E-state index contributed by atoms with van der Waals surface area (Å²) in [7, 11) is 0. The van der Waals surface area contributed by atoms with Crippen LogP contribution in [-0.2, 0) is 43.0 Å². The Bertz CT molecular complexity index is 1030. The Morgan fingerprint density at radius 2 is 1.29 bits per heavy atom. The number of likely N-dealkylation sites (tertiary alicyclic amines) is 2. The molecular weight excluding hydrogens is 568 g/mol. The lowest BCUT2D eigenvalue weighted by atomic mass is 10.1. The summed E-state index contributed by atoms with van der Waals surface area (Å²) in [6.07, 6.45) is -1.74. The Labute approximate surface area is 251 Å². The average molecular weight is 613 g/mol. The van der Waals surface area contributed by atoms with Crippen molar-refractivity contribution in [3.05, 3.63) is 0 Å². The molecule has 2 fully saturated rings. The number of imide groups is 2. The second-order valence-corrected chi connectivity index (χ2v) is 12.4. The Balaban J connectivity index is 1.81. The number of rotatable bonds is 18. The van der Waals surface area contributed by atoms with Gasteiger partial charge in [-0.05, 0) is 27.7 Å². The lowest BCUT2D eigenvalue weighted by Crippen LogP contribution is -2.40. The summed E-state index contributed by atoms with van der Waals surface area (Å²) >= 11 is 1.20. The van der Waals surface area contributed by atoms with Crippen LogP contribution in [0.4, 0.5) is 0 Å². The molecule has 2 N–H and O–H groups in total. The van der Waals surface area contributed by atoms with Crippen molar-refractivity contribution in [2.75, 3.05) is 32.1 Å². The predicted octanol–water partition coefficient (Wildman–Crippen LogP) is 0.431. The van der Waals surface area contributed by atoms with Crippen LogP contribution in [0.2, 0.25) is 0 Å². The topological polar surface area (TPSA) is 168 Å². The minimum Gasteiger partial charge on any atom is -0.366 e. The first kappa shape index (κ1) is 35.4. The third-order valence-corrected chi connectivity index (χ3v) is 7.98. The van der Waals surface area contributed by atoms with Crippen molar-refractivity contribution in [3.63, 3.8) is 0 Å². The molecule has 3 atom stereocenters. The lowest BCUT2D eigenvalue weighted by Gasteiger charge is -2.19. The third-order valence-electron chi connectivity index (χ3n) is 6.75. The van der Waals surface area contributed by atoms with E-state index in [2.05, 4.69) is 10.6 Å². The van der Waals surface area contributed by atoms with Crippen molar-refractivity contribution in [1.82, 2.24) is 20.4 Å². The Morgan fingerprint density at radius 1 is 0.810 bits per heavy atom. The SMILES string of the molecule is CC(C)C(=O)CCSC(CC(=O)NCCOC1CC(=O)N(C(C)C)C1=O)C(=O)NCCOC1CC(=O)N(C(C)C)C1=O. The summed E-state index contributed by atoms with van der Waals surface area (Å²) < 4.78 is 11.1. The van der Waals surface area contributed by atoms with Crippen LogP contribution in [0, 0.1) is 5.92 Å². The van der Waals surface area contributed by atoms with Gasteiger partial charge in [0.15, 0.2) is 0 Å². The quantitative estimate of drug-likeness (QED) is 0.164. The molecule has 0 aromatic rings. The van der Waals surface area contributed by atoms with Gasteiger partial charge in [0.25, 0.3) is 11.8 Å². The number of nitrogens with zero attached hydrogens (tertiary/aromatic N) is 2. The Hall–Kier alpha value is -2.84. The van der Waals surface area contributed by atoms with Crippen LogP contribution in [0.3, 0.4) is 0 Å². The van der Waals surface area contributed by atoms with Crippen LogP contribution in [0.25, 0.3) is 0 Å². The number of carbonyl (C=O) groups is 7. The van der Waals surface area contributed by atoms with Crippen molar-refractivity contribution in [3.8, 4) is 0 Å². The number of Topliss-reactive ketones (excluding diaryl/α,β-unsaturated/α-hetero) is 1. The average Bonchev–Trinajstić information content (AvgIpc) is 3.35. The van der Waals surface area contributed by atoms with Crippen molar-refractivity contribution < 1.29 is 43.0 Å². The fraction of sp³-hybridized carbons (Fsp3) is 0.750. The van der Waals surface area contributed by atoms with E-state index < -0.39 is 41.1 Å². The van der Waals surface area contributed by atoms with E-state index in [-0.39, 0.29) is 87.6 Å². The van der Waals surface area contributed by atoms with Crippen molar-refractivity contribution in [1.29, 1.82) is 0 Å². The molecule has 2 aliphatic rings. The molecule has 2 aliphatic heterocycles. The molecule has 0 saturated carbocycles. The number of ether oxygens (including phenoxy) is 2. The molecule has 236 valence electrons. The van der Waals surface area contributed by atoms with Gasteiger partial charge >= 0.3 is 0 Å². The summed E-state index contributed by atoms with van der Waals surface area (Å²) in [5, 5.41) is 4.58. The summed E-state index contributed by atoms with van der Waals surface area (Å²) in [6.45, 7) is 10.7. The second kappa shape index (κ2) is 16.7. The first-order valence-corrected chi connectivity index (χ1v) is 15.4. The minimum absolute atomic E-state index is 0.00471. The number of amides is 6. The molecule has 2 saturated heterocycles. The fourth-order valence-corrected chi connectivity index (χ4v) is 5.64. The molecule has 13 nitrogen and oxygen atoms in total. The molecule has 0 aromatic carbocycles. The Kier molecular flexibility index (Phi) is 14.1. The first-order chi connectivity index (χ1) is 19.7. The van der Waals surface area contributed by atoms with E-state index >= 15 is 0 Å². The number of thioether (sulfide) groups is 1. The van der Waals surface area contributed by atoms with Gasteiger partial charge in [0, 0.05) is 49.7 Å². The molecule has 14 heteroatoms. The summed E-state index contributed by atoms with van der Waals surface area (Å²) in [5.74, 6) is -1.94. The highest BCUT2D eigenvalue weighted by atomic mass is 32.2. The Morgan fingerprint density at radius 3 is 1.71 bits per heavy atom. The molecule has 0 aromatic heterocycles. The van der Waals surface area contributed by atoms with Gasteiger partial charge in [0.05, 0.1) is 31.3 Å². The van der Waals surface area contributed by atoms with Crippen molar-refractivity contribution in [2.45, 2.75) is 96.8 Å². The number of hydrogen-bond acceptors (Lipinski definition) is 10. The highest BCUT2D eigenvalue weighted by molar-refractivity contribution is 8.00. The van der Waals surface area contributed by atoms with Crippen molar-refractivity contribution >= 4 is 53.0 Å². The molecule has 0 aliphatic carbocycles. The van der Waals surface area contributed by atoms with Crippen LogP contribution in [0.1, 0.15) is 67.2 Å². The van der Waals surface area contributed by atoms with Gasteiger partial charge < -0.3 is 20.1 Å². The van der Waals surface area contributed by atoms with Crippen molar-refractivity contribution in [2.24, 2.45) is 5.92 Å². The number of ketones is 1. The highest BCUT2D eigenvalue weighted by Crippen LogP contribution is 2.20. The van der Waals surface area contributed by atoms with Gasteiger partial charge in [-0.2, -0.15) is 0 Å². The van der Waals surface area contributed by atoms with Crippen LogP contribution >= 0.6 is 11.8 Å². The number of nitrogens with one attached hydrogen (secondary N) is 2. The van der Waals surface area contributed by atoms with Crippen LogP contribution < -0.4 is 10.6 Å². The normalized spacial score (nSPS) is 19.9. The maximum Gasteiger partial charge on any atom is 0.259 e. The van der Waals surface area contributed by atoms with Gasteiger partial charge in [0.2, 0.25) is 23.6 Å². The van der Waals surface area contributed by atoms with Crippen LogP contribution in [0.15, 0.2) is 0 Å². The van der Waals surface area contributed by atoms with Crippen LogP contribution in [0.5, 0.6) is 0 Å². The van der Waals surface area contributed by atoms with E-state index in [0.717, 1.165) is 0 Å². The number of hydrogen-bond donors (Lipinski definition) is 2. The smallest absolute Gasteiger partial charge is 0.259 e. The molecule has 0 spiro atoms. The molecule has 0 radical (unpaired) electrons. The summed E-state index contributed by atoms with van der Waals surface area (Å²) in [5.41, 5.74) is 0. The molecule has 3 unspecified atom stereocenters. The maximum atomic E-state index is 12.9. The van der Waals surface area contributed by atoms with Crippen LogP contribution in [-0.4, -0.2) is 113 Å². The van der Waals surface area contributed by atoms with E-state index in [1.54, 1.807) is 41.5 Å². The van der Waals surface area contributed by atoms with E-state index in [9.17, 15) is 33.6 Å². The van der Waals surface area contributed by atoms with E-state index in [0.29, 0.717) is 5.75 Å². The highest BCUT2D eigenvalue weighted by Gasteiger charge is 2.41. The van der Waals surface area contributed by atoms with Gasteiger partial charge in [0.1, 0.15) is 18.0 Å². The largest absolute Gasteiger partial charge is 0.366 e. The van der Waals surface area contributed by atoms with E-state index in [1.165, 1.54) is 21.6 Å². The molecule has 42 heavy (non-hydrogen) atoms. The zero-order valence-electron chi connectivity index (χ0n) is 25.3. The minimum atomic E-state index is -0.886. The second-order valence-electron chi connectivity index (χ2n) is 11.1. The van der Waals surface area contributed by atoms with Gasteiger partial charge in [-0.3, -0.25) is 43.4 Å². The standard InChI is InChI=1S/C28H44N4O9S/c1-16(2)19(33)7-12-42-22(26(37)30-9-11-41-21-14-25(36)32(18(5)6)28(21)39)15-23(34)29-8-10-40-20-13-24(35)31(17(3)4)27(20)38/h16-18,20-22H,7-15H2,1-6H3,(H,29,34)(H,30,37). The fourth-order valence-electron chi connectivity index (χ4n) is 4.53. The maximum absolute atomic E-state index is 12.9. The molecule has 2 heterocycles. The van der Waals surface area contributed by atoms with Gasteiger partial charge in [-0.25, -0.2) is 0 Å². The monoisotopic (exact) mass is 612 g/mol. The predicted molar refractivity (Wildman–Crippen MR) is 154 cm³/mol. The number of carbonyl (C=O) groups excluding carboxylic acids is 7.